The number of pyridine rings is 1. The number of ether oxygens (including phenoxy) is 1. The van der Waals surface area contributed by atoms with Crippen LogP contribution in [0.5, 0.6) is 0 Å². The summed E-state index contributed by atoms with van der Waals surface area (Å²) in [6.45, 7) is 8.01. The zero-order valence-corrected chi connectivity index (χ0v) is 21.0. The predicted molar refractivity (Wildman–Crippen MR) is 135 cm³/mol. The summed E-state index contributed by atoms with van der Waals surface area (Å²) in [6, 6.07) is 17.1. The number of carbonyl (C=O) groups is 1. The average Bonchev–Trinajstić information content (AvgIpc) is 2.73. The van der Waals surface area contributed by atoms with Crippen molar-refractivity contribution in [1.29, 1.82) is 0 Å². The molecule has 4 nitrogen and oxygen atoms in total. The first-order valence-corrected chi connectivity index (χ1v) is 11.7. The third-order valence-electron chi connectivity index (χ3n) is 5.25. The number of halogens is 2. The minimum absolute atomic E-state index is 0.111. The molecule has 6 heteroatoms. The minimum Gasteiger partial charge on any atom is -0.456 e. The maximum Gasteiger partial charge on any atom is 0.338 e. The molecule has 0 N–H and O–H groups in total. The molecule has 0 saturated heterocycles. The Labute approximate surface area is 205 Å². The normalized spacial score (nSPS) is 11.5. The molecule has 0 radical (unpaired) electrons. The first-order chi connectivity index (χ1) is 15.5. The van der Waals surface area contributed by atoms with E-state index in [1.54, 1.807) is 16.7 Å². The van der Waals surface area contributed by atoms with E-state index in [4.69, 9.17) is 27.9 Å². The van der Waals surface area contributed by atoms with Crippen molar-refractivity contribution in [2.24, 2.45) is 0 Å². The van der Waals surface area contributed by atoms with Gasteiger partial charge in [0.05, 0.1) is 10.6 Å². The van der Waals surface area contributed by atoms with Gasteiger partial charge in [0.15, 0.2) is 0 Å². The van der Waals surface area contributed by atoms with Crippen LogP contribution >= 0.6 is 23.2 Å². The average molecular weight is 486 g/mol. The Morgan fingerprint density at radius 1 is 0.909 bits per heavy atom. The van der Waals surface area contributed by atoms with Crippen LogP contribution in [-0.4, -0.2) is 16.1 Å². The van der Waals surface area contributed by atoms with E-state index in [1.807, 2.05) is 39.0 Å². The van der Waals surface area contributed by atoms with Gasteiger partial charge in [-0.3, -0.25) is 4.79 Å². The van der Waals surface area contributed by atoms with E-state index in [2.05, 4.69) is 25.1 Å². The Balaban J connectivity index is 1.76. The van der Waals surface area contributed by atoms with E-state index >= 15 is 0 Å². The number of aryl methyl sites for hydroxylation is 3. The van der Waals surface area contributed by atoms with Gasteiger partial charge in [0.1, 0.15) is 10.6 Å². The Hall–Kier alpha value is -2.56. The molecule has 0 bridgehead atoms. The smallest absolute Gasteiger partial charge is 0.338 e. The quantitative estimate of drug-likeness (QED) is 0.361. The molecule has 0 aliphatic rings. The van der Waals surface area contributed by atoms with Gasteiger partial charge < -0.3 is 9.30 Å². The summed E-state index contributed by atoms with van der Waals surface area (Å²) in [6.07, 6.45) is 2.00. The van der Waals surface area contributed by atoms with Crippen molar-refractivity contribution >= 4 is 29.2 Å². The van der Waals surface area contributed by atoms with Gasteiger partial charge in [0.25, 0.3) is 5.56 Å². The lowest BCUT2D eigenvalue weighted by Gasteiger charge is -2.19. The van der Waals surface area contributed by atoms with E-state index in [0.29, 0.717) is 30.0 Å². The number of rotatable bonds is 7. The van der Waals surface area contributed by atoms with Crippen LogP contribution in [0.1, 0.15) is 53.5 Å². The highest BCUT2D eigenvalue weighted by Crippen LogP contribution is 2.21. The molecule has 2 aromatic carbocycles. The van der Waals surface area contributed by atoms with E-state index in [1.165, 1.54) is 17.2 Å². The molecule has 0 spiro atoms. The first kappa shape index (κ1) is 25.1. The Morgan fingerprint density at radius 3 is 2.24 bits per heavy atom. The van der Waals surface area contributed by atoms with Crippen LogP contribution in [0, 0.1) is 6.92 Å². The summed E-state index contributed by atoms with van der Waals surface area (Å²) in [7, 11) is 0. The zero-order chi connectivity index (χ0) is 24.2. The van der Waals surface area contributed by atoms with Crippen molar-refractivity contribution in [3.63, 3.8) is 0 Å². The molecule has 0 fully saturated rings. The first-order valence-electron chi connectivity index (χ1n) is 11.0. The topological polar surface area (TPSA) is 48.3 Å². The van der Waals surface area contributed by atoms with Crippen LogP contribution < -0.4 is 5.56 Å². The van der Waals surface area contributed by atoms with E-state index < -0.39 is 5.60 Å². The highest BCUT2D eigenvalue weighted by molar-refractivity contribution is 6.34. The van der Waals surface area contributed by atoms with Gasteiger partial charge in [0.2, 0.25) is 0 Å². The molecular formula is C27H29Cl2NO3. The fourth-order valence-electron chi connectivity index (χ4n) is 3.64. The zero-order valence-electron chi connectivity index (χ0n) is 19.5. The molecule has 3 rings (SSSR count). The third kappa shape index (κ3) is 6.96. The van der Waals surface area contributed by atoms with E-state index in [-0.39, 0.29) is 16.6 Å². The fraction of sp³-hybridized carbons (Fsp3) is 0.333. The second-order valence-corrected chi connectivity index (χ2v) is 10.00. The molecule has 174 valence electrons. The SMILES string of the molecule is Cc1cccc(CCc2c(Cl)cc(Cl)c(=O)n2CCc2ccc(C(=O)OC(C)(C)C)cc2)c1. The van der Waals surface area contributed by atoms with Crippen molar-refractivity contribution in [3.05, 3.63) is 103 Å². The Morgan fingerprint density at radius 2 is 1.61 bits per heavy atom. The van der Waals surface area contributed by atoms with Crippen LogP contribution in [0.2, 0.25) is 10.0 Å². The number of hydrogen-bond acceptors (Lipinski definition) is 3. The number of nitrogens with zero attached hydrogens (tertiary/aromatic N) is 1. The maximum absolute atomic E-state index is 12.8. The van der Waals surface area contributed by atoms with Crippen molar-refractivity contribution in [2.45, 2.75) is 59.1 Å². The lowest BCUT2D eigenvalue weighted by molar-refractivity contribution is 0.00695. The summed E-state index contributed by atoms with van der Waals surface area (Å²) in [4.78, 5) is 25.0. The van der Waals surface area contributed by atoms with Crippen LogP contribution in [-0.2, 0) is 30.5 Å². The third-order valence-corrected chi connectivity index (χ3v) is 5.85. The fourth-order valence-corrected chi connectivity index (χ4v) is 4.22. The number of aromatic nitrogens is 1. The lowest BCUT2D eigenvalue weighted by Crippen LogP contribution is -2.26. The summed E-state index contributed by atoms with van der Waals surface area (Å²) in [5.74, 6) is -0.356. The molecular weight excluding hydrogens is 457 g/mol. The summed E-state index contributed by atoms with van der Waals surface area (Å²) < 4.78 is 7.08. The van der Waals surface area contributed by atoms with Crippen molar-refractivity contribution in [1.82, 2.24) is 4.57 Å². The molecule has 0 saturated carbocycles. The molecule has 0 aliphatic carbocycles. The molecule has 0 atom stereocenters. The molecule has 0 amide bonds. The molecule has 1 heterocycles. The van der Waals surface area contributed by atoms with Crippen LogP contribution in [0.25, 0.3) is 0 Å². The highest BCUT2D eigenvalue weighted by Gasteiger charge is 2.18. The Bertz CT molecular complexity index is 1190. The number of esters is 1. The number of carbonyl (C=O) groups excluding carboxylic acids is 1. The second-order valence-electron chi connectivity index (χ2n) is 9.18. The van der Waals surface area contributed by atoms with Gasteiger partial charge in [-0.15, -0.1) is 0 Å². The maximum atomic E-state index is 12.8. The van der Waals surface area contributed by atoms with Gasteiger partial charge >= 0.3 is 5.97 Å². The van der Waals surface area contributed by atoms with Gasteiger partial charge in [-0.25, -0.2) is 4.79 Å². The lowest BCUT2D eigenvalue weighted by atomic mass is 10.0. The van der Waals surface area contributed by atoms with E-state index in [9.17, 15) is 9.59 Å². The van der Waals surface area contributed by atoms with Gasteiger partial charge in [-0.05, 0) is 76.3 Å². The molecule has 1 aromatic heterocycles. The highest BCUT2D eigenvalue weighted by atomic mass is 35.5. The second kappa shape index (κ2) is 10.6. The van der Waals surface area contributed by atoms with Crippen LogP contribution in [0.3, 0.4) is 0 Å². The summed E-state index contributed by atoms with van der Waals surface area (Å²) in [5.41, 5.74) is 3.87. The molecule has 3 aromatic rings. The van der Waals surface area contributed by atoms with Gasteiger partial charge in [0, 0.05) is 12.2 Å². The van der Waals surface area contributed by atoms with Gasteiger partial charge in [-0.1, -0.05) is 65.2 Å². The predicted octanol–water partition coefficient (Wildman–Crippen LogP) is 6.45. The molecule has 0 aliphatic heterocycles. The standard InChI is InChI=1S/C27H29Cl2NO3/c1-18-6-5-7-20(16-18)10-13-24-22(28)17-23(29)25(31)30(24)15-14-19-8-11-21(12-9-19)26(32)33-27(2,3)4/h5-9,11-12,16-17H,10,13-15H2,1-4H3. The molecule has 33 heavy (non-hydrogen) atoms. The summed E-state index contributed by atoms with van der Waals surface area (Å²) in [5, 5.41) is 0.604. The molecule has 0 unspecified atom stereocenters. The Kier molecular flexibility index (Phi) is 8.04. The minimum atomic E-state index is -0.544. The summed E-state index contributed by atoms with van der Waals surface area (Å²) >= 11 is 12.6. The van der Waals surface area contributed by atoms with Crippen LogP contribution in [0.15, 0.2) is 59.4 Å². The number of benzene rings is 2. The number of hydrogen-bond donors (Lipinski definition) is 0. The largest absolute Gasteiger partial charge is 0.456 e. The van der Waals surface area contributed by atoms with E-state index in [0.717, 1.165) is 17.7 Å². The van der Waals surface area contributed by atoms with Crippen molar-refractivity contribution in [3.8, 4) is 0 Å². The monoisotopic (exact) mass is 485 g/mol. The van der Waals surface area contributed by atoms with Crippen molar-refractivity contribution < 1.29 is 9.53 Å². The van der Waals surface area contributed by atoms with Crippen LogP contribution in [0.4, 0.5) is 0 Å². The van der Waals surface area contributed by atoms with Gasteiger partial charge in [-0.2, -0.15) is 0 Å². The van der Waals surface area contributed by atoms with Crippen molar-refractivity contribution in [2.75, 3.05) is 0 Å².